The van der Waals surface area contributed by atoms with Crippen LogP contribution in [0.15, 0.2) is 29.8 Å². The highest BCUT2D eigenvalue weighted by Gasteiger charge is 2.32. The van der Waals surface area contributed by atoms with Crippen LogP contribution in [0, 0.1) is 6.92 Å². The molecule has 3 rings (SSSR count). The summed E-state index contributed by atoms with van der Waals surface area (Å²) in [7, 11) is 0. The number of nitrogens with zero attached hydrogens (tertiary/aromatic N) is 2. The second-order valence-corrected chi connectivity index (χ2v) is 6.56. The number of amides is 1. The molecule has 0 bridgehead atoms. The van der Waals surface area contributed by atoms with E-state index in [0.29, 0.717) is 13.0 Å². The summed E-state index contributed by atoms with van der Waals surface area (Å²) in [6.45, 7) is 4.67. The summed E-state index contributed by atoms with van der Waals surface area (Å²) in [5.74, 6) is -0.330. The molecule has 3 atom stereocenters. The van der Waals surface area contributed by atoms with E-state index in [1.54, 1.807) is 11.3 Å². The van der Waals surface area contributed by atoms with E-state index in [-0.39, 0.29) is 24.4 Å². The van der Waals surface area contributed by atoms with Gasteiger partial charge in [0.2, 0.25) is 5.91 Å². The summed E-state index contributed by atoms with van der Waals surface area (Å²) in [5, 5.41) is 0. The lowest BCUT2D eigenvalue weighted by Gasteiger charge is -2.29. The summed E-state index contributed by atoms with van der Waals surface area (Å²) in [4.78, 5) is 19.2. The van der Waals surface area contributed by atoms with Gasteiger partial charge in [0.1, 0.15) is 0 Å². The minimum atomic E-state index is -0.337. The molecule has 1 aromatic heterocycles. The van der Waals surface area contributed by atoms with Crippen molar-refractivity contribution in [2.45, 2.75) is 38.7 Å². The molecule has 0 aliphatic carbocycles. The van der Waals surface area contributed by atoms with Crippen LogP contribution in [0.2, 0.25) is 0 Å². The molecule has 1 aromatic carbocycles. The monoisotopic (exact) mass is 316 g/mol. The van der Waals surface area contributed by atoms with Crippen LogP contribution in [-0.2, 0) is 4.79 Å². The molecule has 22 heavy (non-hydrogen) atoms. The Labute approximate surface area is 136 Å². The molecule has 0 saturated carbocycles. The quantitative estimate of drug-likeness (QED) is 0.942. The van der Waals surface area contributed by atoms with Crippen LogP contribution in [-0.4, -0.2) is 28.4 Å². The first-order valence-corrected chi connectivity index (χ1v) is 8.33. The van der Waals surface area contributed by atoms with E-state index < -0.39 is 0 Å². The number of aromatic nitrogens is 1. The third-order valence-corrected chi connectivity index (χ3v) is 5.33. The zero-order chi connectivity index (χ0) is 16.6. The number of rotatable bonds is 4. The van der Waals surface area contributed by atoms with Crippen LogP contribution in [0.1, 0.15) is 38.4 Å². The Morgan fingerprint density at radius 1 is 1.50 bits per heavy atom. The highest BCUT2D eigenvalue weighted by atomic mass is 32.1. The molecule has 1 saturated heterocycles. The van der Waals surface area contributed by atoms with E-state index in [1.807, 2.05) is 17.3 Å². The first kappa shape index (κ1) is 13.9. The highest BCUT2D eigenvalue weighted by Crippen LogP contribution is 2.32. The van der Waals surface area contributed by atoms with Crippen molar-refractivity contribution < 1.29 is 6.17 Å². The van der Waals surface area contributed by atoms with Crippen molar-refractivity contribution in [3.05, 3.63) is 41.0 Å². The van der Waals surface area contributed by atoms with Crippen molar-refractivity contribution in [2.75, 3.05) is 6.54 Å². The SMILES string of the molecule is [2H]C1CC(C(N)=O)N([C@@H](C)c2ccc(-c3scnc3C)cc2)C1. The molecule has 1 fully saturated rings. The van der Waals surface area contributed by atoms with Crippen molar-refractivity contribution in [2.24, 2.45) is 5.73 Å². The minimum Gasteiger partial charge on any atom is -0.368 e. The molecule has 1 aliphatic rings. The minimum absolute atomic E-state index is 0.0689. The lowest BCUT2D eigenvalue weighted by Crippen LogP contribution is -2.41. The Balaban J connectivity index is 1.81. The average molecular weight is 316 g/mol. The third-order valence-electron chi connectivity index (χ3n) is 4.36. The van der Waals surface area contributed by atoms with E-state index >= 15 is 0 Å². The largest absolute Gasteiger partial charge is 0.368 e. The fraction of sp³-hybridized carbons (Fsp3) is 0.412. The standard InChI is InChI=1S/C17H21N3OS/c1-11-16(22-10-19-11)14-7-5-13(6-8-14)12(2)20-9-3-4-15(20)17(18)21/h5-8,10,12,15H,3-4,9H2,1-2H3,(H2,18,21)/t12-,15?/m0/s1/i3D/t3?,12-,15?. The van der Waals surface area contributed by atoms with Gasteiger partial charge in [-0.05, 0) is 44.3 Å². The number of carbonyl (C=O) groups excluding carboxylic acids is 1. The molecule has 2 heterocycles. The number of thiazole rings is 1. The summed E-state index contributed by atoms with van der Waals surface area (Å²) in [6.07, 6.45) is 0.284. The van der Waals surface area contributed by atoms with E-state index in [1.165, 1.54) is 4.88 Å². The van der Waals surface area contributed by atoms with Crippen molar-refractivity contribution in [3.63, 3.8) is 0 Å². The van der Waals surface area contributed by atoms with Gasteiger partial charge in [-0.15, -0.1) is 11.3 Å². The fourth-order valence-corrected chi connectivity index (χ4v) is 3.85. The Bertz CT molecular complexity index is 700. The maximum Gasteiger partial charge on any atom is 0.234 e. The summed E-state index contributed by atoms with van der Waals surface area (Å²) >= 11 is 1.64. The molecule has 5 heteroatoms. The number of benzene rings is 1. The van der Waals surface area contributed by atoms with Gasteiger partial charge in [0.25, 0.3) is 0 Å². The Morgan fingerprint density at radius 3 is 2.82 bits per heavy atom. The molecule has 4 nitrogen and oxygen atoms in total. The maximum absolute atomic E-state index is 11.6. The van der Waals surface area contributed by atoms with E-state index in [0.717, 1.165) is 16.8 Å². The number of hydrogen-bond donors (Lipinski definition) is 1. The van der Waals surface area contributed by atoms with Gasteiger partial charge in [0, 0.05) is 7.41 Å². The molecule has 0 radical (unpaired) electrons. The van der Waals surface area contributed by atoms with Crippen molar-refractivity contribution in [1.82, 2.24) is 9.88 Å². The van der Waals surface area contributed by atoms with E-state index in [9.17, 15) is 4.79 Å². The number of likely N-dealkylation sites (tertiary alicyclic amines) is 1. The zero-order valence-corrected chi connectivity index (χ0v) is 13.6. The van der Waals surface area contributed by atoms with Crippen LogP contribution in [0.25, 0.3) is 10.4 Å². The highest BCUT2D eigenvalue weighted by molar-refractivity contribution is 7.13. The Morgan fingerprint density at radius 2 is 2.23 bits per heavy atom. The first-order valence-electron chi connectivity index (χ1n) is 8.03. The van der Waals surface area contributed by atoms with Gasteiger partial charge in [0.05, 0.1) is 22.1 Å². The summed E-state index contributed by atoms with van der Waals surface area (Å²) in [6, 6.07) is 8.11. The van der Waals surface area contributed by atoms with Crippen LogP contribution in [0.3, 0.4) is 0 Å². The fourth-order valence-electron chi connectivity index (χ4n) is 3.04. The molecule has 2 aromatic rings. The lowest BCUT2D eigenvalue weighted by atomic mass is 10.0. The Hall–Kier alpha value is -1.72. The first-order chi connectivity index (χ1) is 11.0. The zero-order valence-electron chi connectivity index (χ0n) is 13.8. The van der Waals surface area contributed by atoms with Gasteiger partial charge in [-0.25, -0.2) is 4.98 Å². The van der Waals surface area contributed by atoms with Gasteiger partial charge in [-0.2, -0.15) is 0 Å². The van der Waals surface area contributed by atoms with Crippen LogP contribution in [0.4, 0.5) is 0 Å². The maximum atomic E-state index is 11.6. The van der Waals surface area contributed by atoms with Gasteiger partial charge < -0.3 is 5.73 Å². The van der Waals surface area contributed by atoms with Gasteiger partial charge >= 0.3 is 0 Å². The predicted octanol–water partition coefficient (Wildman–Crippen LogP) is 3.13. The lowest BCUT2D eigenvalue weighted by molar-refractivity contribution is -0.122. The Kier molecular flexibility index (Phi) is 3.91. The smallest absolute Gasteiger partial charge is 0.234 e. The molecule has 0 spiro atoms. The number of aryl methyl sites for hydroxylation is 1. The average Bonchev–Trinajstić information content (AvgIpc) is 3.12. The molecule has 1 aliphatic heterocycles. The second-order valence-electron chi connectivity index (χ2n) is 5.70. The van der Waals surface area contributed by atoms with Gasteiger partial charge in [-0.3, -0.25) is 9.69 Å². The van der Waals surface area contributed by atoms with Gasteiger partial charge in [0.15, 0.2) is 0 Å². The summed E-state index contributed by atoms with van der Waals surface area (Å²) < 4.78 is 7.94. The molecular formula is C17H21N3OS. The number of hydrogen-bond acceptors (Lipinski definition) is 4. The van der Waals surface area contributed by atoms with Crippen molar-refractivity contribution >= 4 is 17.2 Å². The predicted molar refractivity (Wildman–Crippen MR) is 89.6 cm³/mol. The van der Waals surface area contributed by atoms with Crippen LogP contribution >= 0.6 is 11.3 Å². The molecule has 2 N–H and O–H groups in total. The third kappa shape index (κ3) is 2.78. The molecule has 1 amide bonds. The van der Waals surface area contributed by atoms with Crippen molar-refractivity contribution in [3.8, 4) is 10.4 Å². The second kappa shape index (κ2) is 6.18. The molecular weight excluding hydrogens is 294 g/mol. The summed E-state index contributed by atoms with van der Waals surface area (Å²) in [5.41, 5.74) is 10.7. The van der Waals surface area contributed by atoms with E-state index in [2.05, 4.69) is 36.2 Å². The normalized spacial score (nSPS) is 24.2. The van der Waals surface area contributed by atoms with Crippen LogP contribution < -0.4 is 5.73 Å². The van der Waals surface area contributed by atoms with Crippen LogP contribution in [0.5, 0.6) is 0 Å². The number of primary amides is 1. The van der Waals surface area contributed by atoms with E-state index in [4.69, 9.17) is 7.10 Å². The molecule has 116 valence electrons. The van der Waals surface area contributed by atoms with Crippen molar-refractivity contribution in [1.29, 1.82) is 0 Å². The van der Waals surface area contributed by atoms with Gasteiger partial charge in [-0.1, -0.05) is 24.3 Å². The molecule has 2 unspecified atom stereocenters. The number of carbonyl (C=O) groups is 1. The number of nitrogens with two attached hydrogens (primary N) is 1. The topological polar surface area (TPSA) is 59.2 Å².